The number of rotatable bonds is 3. The lowest BCUT2D eigenvalue weighted by Crippen LogP contribution is -2.53. The second-order valence-electron chi connectivity index (χ2n) is 8.55. The summed E-state index contributed by atoms with van der Waals surface area (Å²) < 4.78 is 10.7. The van der Waals surface area contributed by atoms with Gasteiger partial charge in [0, 0.05) is 13.1 Å². The number of ether oxygens (including phenoxy) is 2. The highest BCUT2D eigenvalue weighted by atomic mass is 16.6. The zero-order chi connectivity index (χ0) is 17.5. The van der Waals surface area contributed by atoms with Crippen LogP contribution in [0.1, 0.15) is 60.8 Å². The van der Waals surface area contributed by atoms with E-state index in [-0.39, 0.29) is 23.4 Å². The maximum absolute atomic E-state index is 12.3. The third kappa shape index (κ3) is 3.48. The van der Waals surface area contributed by atoms with Crippen LogP contribution in [0.25, 0.3) is 0 Å². The van der Waals surface area contributed by atoms with Gasteiger partial charge >= 0.3 is 12.1 Å². The number of amides is 1. The van der Waals surface area contributed by atoms with Crippen molar-refractivity contribution in [3.8, 4) is 0 Å². The summed E-state index contributed by atoms with van der Waals surface area (Å²) in [6, 6.07) is 0. The number of esters is 1. The summed E-state index contributed by atoms with van der Waals surface area (Å²) >= 11 is 0. The quantitative estimate of drug-likeness (QED) is 0.744. The van der Waals surface area contributed by atoms with Gasteiger partial charge in [0.05, 0.1) is 12.0 Å². The molecule has 1 heterocycles. The van der Waals surface area contributed by atoms with Crippen molar-refractivity contribution in [1.82, 2.24) is 4.90 Å². The molecule has 2 atom stereocenters. The number of hydrogen-bond acceptors (Lipinski definition) is 4. The van der Waals surface area contributed by atoms with Gasteiger partial charge in [0.25, 0.3) is 0 Å². The van der Waals surface area contributed by atoms with E-state index in [4.69, 9.17) is 9.47 Å². The zero-order valence-corrected chi connectivity index (χ0v) is 15.4. The maximum atomic E-state index is 12.3. The van der Waals surface area contributed by atoms with Crippen molar-refractivity contribution < 1.29 is 19.1 Å². The topological polar surface area (TPSA) is 55.8 Å². The smallest absolute Gasteiger partial charge is 0.410 e. The van der Waals surface area contributed by atoms with Gasteiger partial charge in [-0.3, -0.25) is 4.79 Å². The predicted octanol–water partition coefficient (Wildman–Crippen LogP) is 3.61. The fourth-order valence-electron chi connectivity index (χ4n) is 4.15. The highest BCUT2D eigenvalue weighted by Crippen LogP contribution is 2.59. The summed E-state index contributed by atoms with van der Waals surface area (Å²) in [6.07, 6.45) is 2.79. The van der Waals surface area contributed by atoms with Crippen LogP contribution in [-0.2, 0) is 14.3 Å². The van der Waals surface area contributed by atoms with Gasteiger partial charge in [-0.15, -0.1) is 0 Å². The number of carbonyl (C=O) groups excluding carboxylic acids is 2. The molecule has 0 N–H and O–H groups in total. The molecule has 0 aromatic heterocycles. The third-order valence-electron chi connectivity index (χ3n) is 5.38. The fourth-order valence-corrected chi connectivity index (χ4v) is 4.15. The van der Waals surface area contributed by atoms with Crippen molar-refractivity contribution >= 4 is 12.1 Å². The highest BCUT2D eigenvalue weighted by Gasteiger charge is 2.59. The van der Waals surface area contributed by atoms with Gasteiger partial charge in [0.2, 0.25) is 0 Å². The average molecular weight is 325 g/mol. The average Bonchev–Trinajstić information content (AvgIpc) is 2.82. The summed E-state index contributed by atoms with van der Waals surface area (Å²) in [5.74, 6) is 0.140. The molecule has 2 aliphatic rings. The monoisotopic (exact) mass is 325 g/mol. The normalized spacial score (nSPS) is 27.7. The maximum Gasteiger partial charge on any atom is 0.410 e. The molecule has 0 bridgehead atoms. The largest absolute Gasteiger partial charge is 0.466 e. The Bertz CT molecular complexity index is 480. The first-order valence-electron chi connectivity index (χ1n) is 8.67. The van der Waals surface area contributed by atoms with Crippen LogP contribution in [0.4, 0.5) is 4.79 Å². The van der Waals surface area contributed by atoms with Crippen molar-refractivity contribution in [1.29, 1.82) is 0 Å². The Labute approximate surface area is 139 Å². The third-order valence-corrected chi connectivity index (χ3v) is 5.38. The fraction of sp³-hybridized carbons (Fsp3) is 0.889. The first kappa shape index (κ1) is 18.1. The molecular weight excluding hydrogens is 294 g/mol. The van der Waals surface area contributed by atoms with Crippen molar-refractivity contribution in [2.24, 2.45) is 16.7 Å². The van der Waals surface area contributed by atoms with Crippen molar-refractivity contribution in [2.45, 2.75) is 66.4 Å². The molecular formula is C18H31NO4. The zero-order valence-electron chi connectivity index (χ0n) is 15.4. The summed E-state index contributed by atoms with van der Waals surface area (Å²) in [7, 11) is 0. The van der Waals surface area contributed by atoms with E-state index in [2.05, 4.69) is 0 Å². The van der Waals surface area contributed by atoms with Crippen molar-refractivity contribution in [3.63, 3.8) is 0 Å². The Hall–Kier alpha value is -1.26. The summed E-state index contributed by atoms with van der Waals surface area (Å²) in [5, 5.41) is 0. The van der Waals surface area contributed by atoms with Crippen LogP contribution in [-0.4, -0.2) is 42.3 Å². The molecule has 2 rings (SSSR count). The molecule has 23 heavy (non-hydrogen) atoms. The second kappa shape index (κ2) is 5.99. The van der Waals surface area contributed by atoms with Gasteiger partial charge < -0.3 is 14.4 Å². The number of hydrogen-bond donors (Lipinski definition) is 0. The minimum Gasteiger partial charge on any atom is -0.466 e. The Kier molecular flexibility index (Phi) is 4.71. The predicted molar refractivity (Wildman–Crippen MR) is 88.0 cm³/mol. The van der Waals surface area contributed by atoms with E-state index >= 15 is 0 Å². The molecule has 5 nitrogen and oxygen atoms in total. The molecule has 5 heteroatoms. The van der Waals surface area contributed by atoms with Crippen LogP contribution < -0.4 is 0 Å². The first-order chi connectivity index (χ1) is 10.5. The minimum atomic E-state index is -0.502. The van der Waals surface area contributed by atoms with Crippen molar-refractivity contribution in [3.05, 3.63) is 0 Å². The molecule has 1 aliphatic heterocycles. The Morgan fingerprint density at radius 3 is 2.30 bits per heavy atom. The Balaban J connectivity index is 2.04. The lowest BCUT2D eigenvalue weighted by Gasteiger charge is -2.53. The SMILES string of the molecule is CCOC(=O)C(C)(C)C1CC[C@@]12CCN(C(=O)OC(C)(C)C)C2. The van der Waals surface area contributed by atoms with Crippen LogP contribution >= 0.6 is 0 Å². The molecule has 0 radical (unpaired) electrons. The van der Waals surface area contributed by atoms with E-state index in [1.165, 1.54) is 0 Å². The van der Waals surface area contributed by atoms with Crippen molar-refractivity contribution in [2.75, 3.05) is 19.7 Å². The van der Waals surface area contributed by atoms with Crippen LogP contribution in [0, 0.1) is 16.7 Å². The van der Waals surface area contributed by atoms with E-state index in [0.29, 0.717) is 19.7 Å². The van der Waals surface area contributed by atoms with E-state index in [1.54, 1.807) is 4.90 Å². The molecule has 2 fully saturated rings. The Morgan fingerprint density at radius 2 is 1.83 bits per heavy atom. The van der Waals surface area contributed by atoms with Crippen LogP contribution in [0.5, 0.6) is 0 Å². The summed E-state index contributed by atoms with van der Waals surface area (Å²) in [4.78, 5) is 26.4. The van der Waals surface area contributed by atoms with E-state index in [9.17, 15) is 9.59 Å². The molecule has 1 unspecified atom stereocenters. The molecule has 0 aromatic carbocycles. The molecule has 1 saturated carbocycles. The highest BCUT2D eigenvalue weighted by molar-refractivity contribution is 5.77. The van der Waals surface area contributed by atoms with Gasteiger partial charge in [0.1, 0.15) is 5.60 Å². The number of carbonyl (C=O) groups is 2. The van der Waals surface area contributed by atoms with E-state index < -0.39 is 11.0 Å². The summed E-state index contributed by atoms with van der Waals surface area (Å²) in [5.41, 5.74) is -0.929. The molecule has 1 spiro atoms. The van der Waals surface area contributed by atoms with E-state index in [0.717, 1.165) is 19.3 Å². The van der Waals surface area contributed by atoms with Crippen LogP contribution in [0.15, 0.2) is 0 Å². The van der Waals surface area contributed by atoms with Gasteiger partial charge in [-0.2, -0.15) is 0 Å². The molecule has 1 saturated heterocycles. The van der Waals surface area contributed by atoms with Gasteiger partial charge in [-0.25, -0.2) is 4.79 Å². The number of likely N-dealkylation sites (tertiary alicyclic amines) is 1. The van der Waals surface area contributed by atoms with Gasteiger partial charge in [-0.1, -0.05) is 0 Å². The minimum absolute atomic E-state index is 0.0488. The van der Waals surface area contributed by atoms with Crippen LogP contribution in [0.3, 0.4) is 0 Å². The number of nitrogens with zero attached hydrogens (tertiary/aromatic N) is 1. The molecule has 1 amide bonds. The summed E-state index contributed by atoms with van der Waals surface area (Å²) in [6.45, 7) is 13.3. The Morgan fingerprint density at radius 1 is 1.17 bits per heavy atom. The molecule has 132 valence electrons. The molecule has 0 aromatic rings. The van der Waals surface area contributed by atoms with Gasteiger partial charge in [0.15, 0.2) is 0 Å². The molecule has 1 aliphatic carbocycles. The lowest BCUT2D eigenvalue weighted by atomic mass is 9.51. The van der Waals surface area contributed by atoms with E-state index in [1.807, 2.05) is 41.5 Å². The van der Waals surface area contributed by atoms with Crippen LogP contribution in [0.2, 0.25) is 0 Å². The second-order valence-corrected chi connectivity index (χ2v) is 8.55. The van der Waals surface area contributed by atoms with Gasteiger partial charge in [-0.05, 0) is 72.1 Å². The first-order valence-corrected chi connectivity index (χ1v) is 8.67. The lowest BCUT2D eigenvalue weighted by molar-refractivity contribution is -0.166. The standard InChI is InChI=1S/C18H31NO4/c1-7-22-14(20)17(5,6)13-8-9-18(13)10-11-19(12-18)15(21)23-16(2,3)4/h13H,7-12H2,1-6H3/t13?,18-/m0/s1.